The number of carbonyl (C=O) groups is 2. The summed E-state index contributed by atoms with van der Waals surface area (Å²) in [7, 11) is -1.63. The van der Waals surface area contributed by atoms with Crippen molar-refractivity contribution in [2.75, 3.05) is 31.6 Å². The fraction of sp³-hybridized carbons (Fsp3) is 0.286. The van der Waals surface area contributed by atoms with Gasteiger partial charge in [-0.1, -0.05) is 29.3 Å². The highest BCUT2D eigenvalue weighted by Gasteiger charge is 2.33. The minimum atomic E-state index is -4.41. The van der Waals surface area contributed by atoms with Gasteiger partial charge in [0.25, 0.3) is 10.0 Å². The molecule has 0 saturated heterocycles. The monoisotopic (exact) mass is 625 g/mol. The lowest BCUT2D eigenvalue weighted by atomic mass is 10.1. The Morgan fingerprint density at radius 3 is 2.20 bits per heavy atom. The molecular weight excluding hydrogens is 596 g/mol. The van der Waals surface area contributed by atoms with Crippen LogP contribution in [0.15, 0.2) is 65.6 Å². The second-order valence-electron chi connectivity index (χ2n) is 8.85. The van der Waals surface area contributed by atoms with Crippen molar-refractivity contribution in [1.29, 1.82) is 0 Å². The van der Waals surface area contributed by atoms with Crippen LogP contribution in [0.5, 0.6) is 11.5 Å². The lowest BCUT2D eigenvalue weighted by molar-refractivity contribution is -0.139. The molecule has 41 heavy (non-hydrogen) atoms. The number of hydrogen-bond acceptors (Lipinski definition) is 6. The number of amides is 2. The van der Waals surface area contributed by atoms with E-state index in [1.165, 1.54) is 56.4 Å². The van der Waals surface area contributed by atoms with Gasteiger partial charge >= 0.3 is 0 Å². The van der Waals surface area contributed by atoms with Gasteiger partial charge in [-0.2, -0.15) is 0 Å². The topological polar surface area (TPSA) is 105 Å². The molecular formula is C28H30Cl2FN3O6S. The van der Waals surface area contributed by atoms with Crippen LogP contribution >= 0.6 is 23.2 Å². The fourth-order valence-corrected chi connectivity index (χ4v) is 5.73. The number of nitrogens with zero attached hydrogens (tertiary/aromatic N) is 2. The van der Waals surface area contributed by atoms with E-state index in [2.05, 4.69) is 5.32 Å². The summed E-state index contributed by atoms with van der Waals surface area (Å²) in [4.78, 5) is 27.7. The molecule has 1 unspecified atom stereocenters. The average molecular weight is 627 g/mol. The second-order valence-corrected chi connectivity index (χ2v) is 11.5. The van der Waals surface area contributed by atoms with Gasteiger partial charge in [0.1, 0.15) is 18.4 Å². The molecule has 0 bridgehead atoms. The maximum Gasteiger partial charge on any atom is 0.264 e. The smallest absolute Gasteiger partial charge is 0.264 e. The second kappa shape index (κ2) is 13.9. The first-order chi connectivity index (χ1) is 19.4. The third-order valence-electron chi connectivity index (χ3n) is 6.19. The molecule has 0 aliphatic heterocycles. The van der Waals surface area contributed by atoms with Gasteiger partial charge in [0.2, 0.25) is 11.8 Å². The zero-order chi connectivity index (χ0) is 30.3. The Kier molecular flexibility index (Phi) is 10.8. The molecule has 3 aromatic rings. The Morgan fingerprint density at radius 1 is 0.951 bits per heavy atom. The maximum atomic E-state index is 13.9. The molecule has 9 nitrogen and oxygen atoms in total. The summed E-state index contributed by atoms with van der Waals surface area (Å²) in [5.41, 5.74) is 0.606. The number of anilines is 1. The number of hydrogen-bond donors (Lipinski definition) is 1. The number of likely N-dealkylation sites (N-methyl/N-ethyl adjacent to an activating group) is 1. The van der Waals surface area contributed by atoms with Crippen molar-refractivity contribution in [1.82, 2.24) is 10.2 Å². The van der Waals surface area contributed by atoms with Gasteiger partial charge < -0.3 is 19.7 Å². The van der Waals surface area contributed by atoms with E-state index in [9.17, 15) is 22.4 Å². The van der Waals surface area contributed by atoms with E-state index in [0.717, 1.165) is 16.4 Å². The van der Waals surface area contributed by atoms with Crippen LogP contribution in [0.2, 0.25) is 10.0 Å². The van der Waals surface area contributed by atoms with Crippen molar-refractivity contribution in [3.63, 3.8) is 0 Å². The Labute approximate surface area is 248 Å². The van der Waals surface area contributed by atoms with Crippen LogP contribution in [0.4, 0.5) is 10.1 Å². The Morgan fingerprint density at radius 2 is 1.61 bits per heavy atom. The van der Waals surface area contributed by atoms with Crippen molar-refractivity contribution in [3.05, 3.63) is 82.1 Å². The number of methoxy groups -OCH3 is 2. The van der Waals surface area contributed by atoms with E-state index in [0.29, 0.717) is 22.9 Å². The van der Waals surface area contributed by atoms with Gasteiger partial charge in [-0.05, 0) is 67.9 Å². The predicted octanol–water partition coefficient (Wildman–Crippen LogP) is 4.90. The van der Waals surface area contributed by atoms with Crippen LogP contribution in [0.25, 0.3) is 0 Å². The van der Waals surface area contributed by atoms with Crippen LogP contribution < -0.4 is 19.1 Å². The molecule has 3 aromatic carbocycles. The highest BCUT2D eigenvalue weighted by Crippen LogP contribution is 2.32. The normalized spacial score (nSPS) is 11.9. The summed E-state index contributed by atoms with van der Waals surface area (Å²) in [6.45, 7) is 2.83. The zero-order valence-corrected chi connectivity index (χ0v) is 25.2. The molecule has 0 heterocycles. The van der Waals surface area contributed by atoms with Crippen LogP contribution in [-0.2, 0) is 26.2 Å². The van der Waals surface area contributed by atoms with E-state index in [-0.39, 0.29) is 27.9 Å². The standard InChI is InChI=1S/C28H30Cl2FN3O6S/c1-5-32-28(36)18(2)33(16-19-6-12-23(29)24(30)14-19)27(35)17-34(21-9-7-20(31)8-10-21)41(37,38)22-11-13-25(39-3)26(15-22)40-4/h6-15,18H,5,16-17H2,1-4H3,(H,32,36). The van der Waals surface area contributed by atoms with Gasteiger partial charge in [0.15, 0.2) is 11.5 Å². The molecule has 0 aliphatic rings. The lowest BCUT2D eigenvalue weighted by Gasteiger charge is -2.32. The van der Waals surface area contributed by atoms with Crippen molar-refractivity contribution in [2.45, 2.75) is 31.3 Å². The summed E-state index contributed by atoms with van der Waals surface area (Å²) < 4.78 is 53.0. The van der Waals surface area contributed by atoms with E-state index in [1.807, 2.05) is 0 Å². The number of carbonyl (C=O) groups excluding carboxylic acids is 2. The molecule has 3 rings (SSSR count). The Hall–Kier alpha value is -3.54. The summed E-state index contributed by atoms with van der Waals surface area (Å²) in [6, 6.07) is 12.5. The quantitative estimate of drug-likeness (QED) is 0.307. The molecule has 2 amide bonds. The summed E-state index contributed by atoms with van der Waals surface area (Å²) in [5.74, 6) is -1.25. The molecule has 1 atom stereocenters. The third-order valence-corrected chi connectivity index (χ3v) is 8.70. The molecule has 220 valence electrons. The average Bonchev–Trinajstić information content (AvgIpc) is 2.96. The molecule has 0 fully saturated rings. The fourth-order valence-electron chi connectivity index (χ4n) is 3.98. The number of halogens is 3. The molecule has 0 aliphatic carbocycles. The number of rotatable bonds is 12. The Balaban J connectivity index is 2.07. The van der Waals surface area contributed by atoms with Gasteiger partial charge in [-0.3, -0.25) is 13.9 Å². The molecule has 0 radical (unpaired) electrons. The lowest BCUT2D eigenvalue weighted by Crippen LogP contribution is -2.51. The number of benzene rings is 3. The van der Waals surface area contributed by atoms with Crippen LogP contribution in [0.3, 0.4) is 0 Å². The molecule has 0 aromatic heterocycles. The largest absolute Gasteiger partial charge is 0.493 e. The van der Waals surface area contributed by atoms with Gasteiger partial charge in [-0.15, -0.1) is 0 Å². The van der Waals surface area contributed by atoms with E-state index in [4.69, 9.17) is 32.7 Å². The van der Waals surface area contributed by atoms with Crippen molar-refractivity contribution >= 4 is 50.7 Å². The predicted molar refractivity (Wildman–Crippen MR) is 156 cm³/mol. The summed E-state index contributed by atoms with van der Waals surface area (Å²) in [6.07, 6.45) is 0. The Bertz CT molecular complexity index is 1510. The van der Waals surface area contributed by atoms with Crippen molar-refractivity contribution in [3.8, 4) is 11.5 Å². The van der Waals surface area contributed by atoms with E-state index in [1.54, 1.807) is 25.1 Å². The van der Waals surface area contributed by atoms with Crippen LogP contribution in [0, 0.1) is 5.82 Å². The van der Waals surface area contributed by atoms with E-state index < -0.39 is 40.2 Å². The summed E-state index contributed by atoms with van der Waals surface area (Å²) in [5, 5.41) is 3.25. The minimum absolute atomic E-state index is 0.0367. The number of sulfonamides is 1. The van der Waals surface area contributed by atoms with Gasteiger partial charge in [0, 0.05) is 19.2 Å². The zero-order valence-electron chi connectivity index (χ0n) is 22.9. The SMILES string of the molecule is CCNC(=O)C(C)N(Cc1ccc(Cl)c(Cl)c1)C(=O)CN(c1ccc(F)cc1)S(=O)(=O)c1ccc(OC)c(OC)c1. The first kappa shape index (κ1) is 32.0. The van der Waals surface area contributed by atoms with Crippen molar-refractivity contribution < 1.29 is 31.9 Å². The first-order valence-electron chi connectivity index (χ1n) is 12.4. The first-order valence-corrected chi connectivity index (χ1v) is 14.6. The van der Waals surface area contributed by atoms with Crippen LogP contribution in [0.1, 0.15) is 19.4 Å². The maximum absolute atomic E-state index is 13.9. The number of nitrogens with one attached hydrogen (secondary N) is 1. The summed E-state index contributed by atoms with van der Waals surface area (Å²) >= 11 is 12.2. The molecule has 1 N–H and O–H groups in total. The van der Waals surface area contributed by atoms with Gasteiger partial charge in [-0.25, -0.2) is 12.8 Å². The number of ether oxygens (including phenoxy) is 2. The molecule has 13 heteroatoms. The molecule has 0 spiro atoms. The third kappa shape index (κ3) is 7.60. The molecule has 0 saturated carbocycles. The van der Waals surface area contributed by atoms with Gasteiger partial charge in [0.05, 0.1) is 34.8 Å². The minimum Gasteiger partial charge on any atom is -0.493 e. The van der Waals surface area contributed by atoms with Crippen LogP contribution in [-0.4, -0.2) is 58.5 Å². The van der Waals surface area contributed by atoms with Crippen molar-refractivity contribution in [2.24, 2.45) is 0 Å². The highest BCUT2D eigenvalue weighted by atomic mass is 35.5. The highest BCUT2D eigenvalue weighted by molar-refractivity contribution is 7.92. The van der Waals surface area contributed by atoms with E-state index >= 15 is 0 Å².